The summed E-state index contributed by atoms with van der Waals surface area (Å²) in [5.74, 6) is -0.161. The SMILES string of the molecule is Cc1nc2ccc(S(=O)(=O)NCC(=O)N3CCN(C4CCCCC4)CC3)cc2s1. The lowest BCUT2D eigenvalue weighted by molar-refractivity contribution is -0.132. The van der Waals surface area contributed by atoms with Gasteiger partial charge in [-0.25, -0.2) is 18.1 Å². The molecule has 1 aliphatic heterocycles. The Morgan fingerprint density at radius 2 is 1.90 bits per heavy atom. The third kappa shape index (κ3) is 4.79. The van der Waals surface area contributed by atoms with Gasteiger partial charge in [-0.2, -0.15) is 0 Å². The van der Waals surface area contributed by atoms with Gasteiger partial charge in [-0.3, -0.25) is 9.69 Å². The Hall–Kier alpha value is -1.55. The van der Waals surface area contributed by atoms with Crippen molar-refractivity contribution in [2.24, 2.45) is 0 Å². The number of thiazole rings is 1. The Morgan fingerprint density at radius 3 is 2.62 bits per heavy atom. The van der Waals surface area contributed by atoms with Gasteiger partial charge in [0.2, 0.25) is 15.9 Å². The number of aromatic nitrogens is 1. The van der Waals surface area contributed by atoms with Crippen LogP contribution in [0.1, 0.15) is 37.1 Å². The minimum absolute atomic E-state index is 0.161. The molecule has 29 heavy (non-hydrogen) atoms. The highest BCUT2D eigenvalue weighted by Gasteiger charge is 2.27. The van der Waals surface area contributed by atoms with Crippen LogP contribution in [-0.4, -0.2) is 67.9 Å². The second-order valence-corrected chi connectivity index (χ2v) is 10.9. The van der Waals surface area contributed by atoms with E-state index in [2.05, 4.69) is 14.6 Å². The van der Waals surface area contributed by atoms with Gasteiger partial charge in [0.05, 0.1) is 26.7 Å². The Labute approximate surface area is 176 Å². The maximum Gasteiger partial charge on any atom is 0.241 e. The average molecular weight is 437 g/mol. The molecule has 4 rings (SSSR count). The van der Waals surface area contributed by atoms with Gasteiger partial charge < -0.3 is 4.90 Å². The molecule has 0 radical (unpaired) electrons. The first-order valence-electron chi connectivity index (χ1n) is 10.3. The van der Waals surface area contributed by atoms with E-state index in [0.717, 1.165) is 28.3 Å². The highest BCUT2D eigenvalue weighted by Crippen LogP contribution is 2.25. The van der Waals surface area contributed by atoms with Crippen LogP contribution >= 0.6 is 11.3 Å². The van der Waals surface area contributed by atoms with Crippen LogP contribution in [0.15, 0.2) is 23.1 Å². The molecule has 1 aromatic heterocycles. The highest BCUT2D eigenvalue weighted by molar-refractivity contribution is 7.89. The topological polar surface area (TPSA) is 82.6 Å². The number of carbonyl (C=O) groups is 1. The predicted molar refractivity (Wildman–Crippen MR) is 115 cm³/mol. The number of hydrogen-bond donors (Lipinski definition) is 1. The molecular formula is C20H28N4O3S2. The Morgan fingerprint density at radius 1 is 1.17 bits per heavy atom. The fourth-order valence-electron chi connectivity index (χ4n) is 4.32. The maximum atomic E-state index is 12.6. The summed E-state index contributed by atoms with van der Waals surface area (Å²) in [6.45, 7) is 4.79. The zero-order valence-corrected chi connectivity index (χ0v) is 18.4. The molecule has 1 amide bonds. The Balaban J connectivity index is 1.31. The zero-order valence-electron chi connectivity index (χ0n) is 16.8. The van der Waals surface area contributed by atoms with Crippen molar-refractivity contribution < 1.29 is 13.2 Å². The summed E-state index contributed by atoms with van der Waals surface area (Å²) in [6, 6.07) is 5.52. The molecule has 158 valence electrons. The van der Waals surface area contributed by atoms with Crippen LogP contribution in [0.5, 0.6) is 0 Å². The second kappa shape index (κ2) is 8.67. The number of sulfonamides is 1. The molecule has 0 atom stereocenters. The lowest BCUT2D eigenvalue weighted by Gasteiger charge is -2.40. The van der Waals surface area contributed by atoms with Crippen LogP contribution < -0.4 is 4.72 Å². The van der Waals surface area contributed by atoms with Crippen LogP contribution in [0.2, 0.25) is 0 Å². The van der Waals surface area contributed by atoms with Gasteiger partial charge in [-0.1, -0.05) is 19.3 Å². The van der Waals surface area contributed by atoms with Gasteiger partial charge in [0, 0.05) is 32.2 Å². The van der Waals surface area contributed by atoms with Gasteiger partial charge in [0.15, 0.2) is 0 Å². The number of carbonyl (C=O) groups excluding carboxylic acids is 1. The molecule has 9 heteroatoms. The van der Waals surface area contributed by atoms with Crippen LogP contribution in [-0.2, 0) is 14.8 Å². The van der Waals surface area contributed by atoms with E-state index in [1.807, 2.05) is 6.92 Å². The number of fused-ring (bicyclic) bond motifs is 1. The van der Waals surface area contributed by atoms with Crippen molar-refractivity contribution in [3.8, 4) is 0 Å². The fraction of sp³-hybridized carbons (Fsp3) is 0.600. The number of piperazine rings is 1. The first kappa shape index (κ1) is 20.7. The molecule has 1 aliphatic carbocycles. The summed E-state index contributed by atoms with van der Waals surface area (Å²) in [6.07, 6.45) is 6.47. The molecule has 2 aliphatic rings. The van der Waals surface area contributed by atoms with E-state index in [4.69, 9.17) is 0 Å². The first-order chi connectivity index (χ1) is 13.9. The summed E-state index contributed by atoms with van der Waals surface area (Å²) < 4.78 is 28.5. The third-order valence-corrected chi connectivity index (χ3v) is 8.28. The number of amides is 1. The van der Waals surface area contributed by atoms with Crippen LogP contribution in [0.25, 0.3) is 10.2 Å². The van der Waals surface area contributed by atoms with Crippen molar-refractivity contribution in [1.82, 2.24) is 19.5 Å². The minimum atomic E-state index is -3.73. The molecule has 0 bridgehead atoms. The molecule has 0 spiro atoms. The van der Waals surface area contributed by atoms with Gasteiger partial charge in [0.25, 0.3) is 0 Å². The molecule has 2 heterocycles. The monoisotopic (exact) mass is 436 g/mol. The highest BCUT2D eigenvalue weighted by atomic mass is 32.2. The quantitative estimate of drug-likeness (QED) is 0.778. The lowest BCUT2D eigenvalue weighted by Crippen LogP contribution is -2.53. The van der Waals surface area contributed by atoms with E-state index in [0.29, 0.717) is 19.1 Å². The van der Waals surface area contributed by atoms with E-state index in [9.17, 15) is 13.2 Å². The number of aryl methyl sites for hydroxylation is 1. The lowest BCUT2D eigenvalue weighted by atomic mass is 9.94. The summed E-state index contributed by atoms with van der Waals surface area (Å²) in [5.41, 5.74) is 0.790. The second-order valence-electron chi connectivity index (χ2n) is 7.90. The summed E-state index contributed by atoms with van der Waals surface area (Å²) in [4.78, 5) is 21.3. The molecule has 1 saturated carbocycles. The van der Waals surface area contributed by atoms with Crippen molar-refractivity contribution >= 4 is 37.5 Å². The summed E-state index contributed by atoms with van der Waals surface area (Å²) >= 11 is 1.46. The third-order valence-electron chi connectivity index (χ3n) is 5.95. The van der Waals surface area contributed by atoms with Crippen molar-refractivity contribution in [3.63, 3.8) is 0 Å². The van der Waals surface area contributed by atoms with E-state index < -0.39 is 10.0 Å². The molecule has 1 N–H and O–H groups in total. The molecule has 1 saturated heterocycles. The molecular weight excluding hydrogens is 408 g/mol. The van der Waals surface area contributed by atoms with E-state index >= 15 is 0 Å². The van der Waals surface area contributed by atoms with Crippen LogP contribution in [0.4, 0.5) is 0 Å². The van der Waals surface area contributed by atoms with E-state index in [-0.39, 0.29) is 17.3 Å². The predicted octanol–water partition coefficient (Wildman–Crippen LogP) is 2.36. The maximum absolute atomic E-state index is 12.6. The zero-order chi connectivity index (χ0) is 20.4. The van der Waals surface area contributed by atoms with Crippen molar-refractivity contribution in [2.75, 3.05) is 32.7 Å². The largest absolute Gasteiger partial charge is 0.339 e. The summed E-state index contributed by atoms with van der Waals surface area (Å²) in [5, 5.41) is 0.894. The van der Waals surface area contributed by atoms with Crippen LogP contribution in [0, 0.1) is 6.92 Å². The Kier molecular flexibility index (Phi) is 6.19. The molecule has 2 fully saturated rings. The molecule has 1 aromatic carbocycles. The van der Waals surface area contributed by atoms with Gasteiger partial charge in [-0.15, -0.1) is 11.3 Å². The normalized spacial score (nSPS) is 19.7. The van der Waals surface area contributed by atoms with Gasteiger partial charge >= 0.3 is 0 Å². The fourth-order valence-corrected chi connectivity index (χ4v) is 6.26. The standard InChI is InChI=1S/C20H28N4O3S2/c1-15-22-18-8-7-17(13-19(18)28-15)29(26,27)21-14-20(25)24-11-9-23(10-12-24)16-5-3-2-4-6-16/h7-8,13,16,21H,2-6,9-12,14H2,1H3. The summed E-state index contributed by atoms with van der Waals surface area (Å²) in [7, 11) is -3.73. The van der Waals surface area contributed by atoms with Crippen LogP contribution in [0.3, 0.4) is 0 Å². The molecule has 2 aromatic rings. The smallest absolute Gasteiger partial charge is 0.241 e. The van der Waals surface area contributed by atoms with Crippen molar-refractivity contribution in [1.29, 1.82) is 0 Å². The van der Waals surface area contributed by atoms with E-state index in [1.54, 1.807) is 17.0 Å². The first-order valence-corrected chi connectivity index (χ1v) is 12.6. The number of rotatable bonds is 5. The van der Waals surface area contributed by atoms with E-state index in [1.165, 1.54) is 49.5 Å². The van der Waals surface area contributed by atoms with Gasteiger partial charge in [-0.05, 0) is 38.0 Å². The number of hydrogen-bond acceptors (Lipinski definition) is 6. The van der Waals surface area contributed by atoms with Crippen molar-refractivity contribution in [3.05, 3.63) is 23.2 Å². The molecule has 0 unspecified atom stereocenters. The van der Waals surface area contributed by atoms with Crippen molar-refractivity contribution in [2.45, 2.75) is 50.0 Å². The van der Waals surface area contributed by atoms with Gasteiger partial charge in [0.1, 0.15) is 0 Å². The number of nitrogens with one attached hydrogen (secondary N) is 1. The Bertz CT molecular complexity index is 975. The minimum Gasteiger partial charge on any atom is -0.339 e. The molecule has 7 nitrogen and oxygen atoms in total. The number of nitrogens with zero attached hydrogens (tertiary/aromatic N) is 3. The number of benzene rings is 1. The average Bonchev–Trinajstić information content (AvgIpc) is 3.12.